The highest BCUT2D eigenvalue weighted by molar-refractivity contribution is 7.90. The smallest absolute Gasteiger partial charge is 0.254 e. The van der Waals surface area contributed by atoms with Crippen molar-refractivity contribution in [3.8, 4) is 11.5 Å². The predicted octanol–water partition coefficient (Wildman–Crippen LogP) is 3.37. The first-order valence-electron chi connectivity index (χ1n) is 13.3. The molecule has 214 valence electrons. The number of halogens is 1. The van der Waals surface area contributed by atoms with Crippen LogP contribution in [0.3, 0.4) is 0 Å². The molecule has 12 heteroatoms. The lowest BCUT2D eigenvalue weighted by Crippen LogP contribution is -2.48. The van der Waals surface area contributed by atoms with E-state index in [1.807, 2.05) is 18.2 Å². The van der Waals surface area contributed by atoms with E-state index in [9.17, 15) is 18.0 Å². The number of hydrogen-bond donors (Lipinski definition) is 2. The lowest BCUT2D eigenvalue weighted by molar-refractivity contribution is -0.116. The van der Waals surface area contributed by atoms with Gasteiger partial charge in [-0.15, -0.1) is 0 Å². The summed E-state index contributed by atoms with van der Waals surface area (Å²) in [5.41, 5.74) is 3.17. The second-order valence-corrected chi connectivity index (χ2v) is 12.9. The molecule has 0 unspecified atom stereocenters. The summed E-state index contributed by atoms with van der Waals surface area (Å²) in [5.74, 6) is 0.348. The fourth-order valence-electron chi connectivity index (χ4n) is 5.28. The van der Waals surface area contributed by atoms with Crippen molar-refractivity contribution in [1.82, 2.24) is 9.80 Å². The zero-order valence-corrected chi connectivity index (χ0v) is 23.7. The Balaban J connectivity index is 1.05. The van der Waals surface area contributed by atoms with Crippen LogP contribution in [-0.2, 0) is 26.9 Å². The third kappa shape index (κ3) is 6.27. The quantitative estimate of drug-likeness (QED) is 0.426. The normalized spacial score (nSPS) is 18.4. The molecular weight excluding hydrogens is 568 g/mol. The summed E-state index contributed by atoms with van der Waals surface area (Å²) in [6, 6.07) is 16.7. The minimum absolute atomic E-state index is 0.115. The predicted molar refractivity (Wildman–Crippen MR) is 155 cm³/mol. The van der Waals surface area contributed by atoms with Crippen LogP contribution in [-0.4, -0.2) is 74.8 Å². The van der Waals surface area contributed by atoms with Crippen molar-refractivity contribution >= 4 is 44.6 Å². The molecule has 2 N–H and O–H groups in total. The highest BCUT2D eigenvalue weighted by Gasteiger charge is 2.31. The van der Waals surface area contributed by atoms with Crippen molar-refractivity contribution < 1.29 is 27.5 Å². The van der Waals surface area contributed by atoms with Crippen LogP contribution in [0.5, 0.6) is 11.5 Å². The molecule has 3 aliphatic rings. The largest absolute Gasteiger partial charge is 0.454 e. The first-order valence-corrected chi connectivity index (χ1v) is 15.5. The van der Waals surface area contributed by atoms with Crippen LogP contribution in [0.25, 0.3) is 0 Å². The van der Waals surface area contributed by atoms with Crippen molar-refractivity contribution in [2.75, 3.05) is 49.4 Å². The summed E-state index contributed by atoms with van der Waals surface area (Å²) in [5, 5.41) is 6.25. The molecule has 1 saturated heterocycles. The van der Waals surface area contributed by atoms with Gasteiger partial charge < -0.3 is 25.0 Å². The summed E-state index contributed by atoms with van der Waals surface area (Å²) in [7, 11) is -3.61. The molecule has 0 spiro atoms. The number of rotatable bonds is 7. The average molecular weight is 597 g/mol. The molecule has 1 fully saturated rings. The van der Waals surface area contributed by atoms with Crippen molar-refractivity contribution in [1.29, 1.82) is 0 Å². The van der Waals surface area contributed by atoms with Crippen LogP contribution in [0.4, 0.5) is 11.4 Å². The van der Waals surface area contributed by atoms with Gasteiger partial charge in [0, 0.05) is 43.3 Å². The Kier molecular flexibility index (Phi) is 7.50. The average Bonchev–Trinajstić information content (AvgIpc) is 3.41. The molecule has 3 aliphatic heterocycles. The van der Waals surface area contributed by atoms with Gasteiger partial charge in [0.15, 0.2) is 21.3 Å². The van der Waals surface area contributed by atoms with Gasteiger partial charge in [0.05, 0.1) is 22.9 Å². The molecule has 3 aromatic rings. The Labute approximate surface area is 243 Å². The SMILES string of the molecule is O=C1Nc2cc(C(=O)N3CCN(Cc4ccc5c(c4)OCO5)CC3)ccc2N[C@@H]1CS(=O)(=O)Cc1cccc(Cl)c1. The van der Waals surface area contributed by atoms with Gasteiger partial charge in [-0.3, -0.25) is 14.5 Å². The molecule has 3 aromatic carbocycles. The van der Waals surface area contributed by atoms with E-state index in [0.717, 1.165) is 36.7 Å². The van der Waals surface area contributed by atoms with Crippen LogP contribution in [0, 0.1) is 0 Å². The van der Waals surface area contributed by atoms with Gasteiger partial charge >= 0.3 is 0 Å². The van der Waals surface area contributed by atoms with Crippen LogP contribution < -0.4 is 20.1 Å². The van der Waals surface area contributed by atoms with Crippen molar-refractivity contribution in [2.24, 2.45) is 0 Å². The number of nitrogens with zero attached hydrogens (tertiary/aromatic N) is 2. The maximum atomic E-state index is 13.3. The molecule has 1 atom stereocenters. The van der Waals surface area contributed by atoms with E-state index in [-0.39, 0.29) is 24.2 Å². The van der Waals surface area contributed by atoms with E-state index < -0.39 is 21.8 Å². The Hall–Kier alpha value is -3.80. The lowest BCUT2D eigenvalue weighted by Gasteiger charge is -2.35. The second-order valence-electron chi connectivity index (χ2n) is 10.4. The highest BCUT2D eigenvalue weighted by atomic mass is 35.5. The second kappa shape index (κ2) is 11.2. The van der Waals surface area contributed by atoms with E-state index in [1.165, 1.54) is 0 Å². The summed E-state index contributed by atoms with van der Waals surface area (Å²) < 4.78 is 36.4. The van der Waals surface area contributed by atoms with E-state index >= 15 is 0 Å². The Morgan fingerprint density at radius 2 is 1.73 bits per heavy atom. The third-order valence-electron chi connectivity index (χ3n) is 7.37. The number of benzene rings is 3. The van der Waals surface area contributed by atoms with E-state index in [0.29, 0.717) is 40.6 Å². The van der Waals surface area contributed by atoms with Gasteiger partial charge in [-0.25, -0.2) is 8.42 Å². The topological polar surface area (TPSA) is 117 Å². The van der Waals surface area contributed by atoms with Gasteiger partial charge in [-0.1, -0.05) is 29.8 Å². The Bertz CT molecular complexity index is 1610. The van der Waals surface area contributed by atoms with E-state index in [4.69, 9.17) is 21.1 Å². The summed E-state index contributed by atoms with van der Waals surface area (Å²) in [4.78, 5) is 30.2. The van der Waals surface area contributed by atoms with Gasteiger partial charge in [0.2, 0.25) is 12.7 Å². The van der Waals surface area contributed by atoms with Gasteiger partial charge in [-0.2, -0.15) is 0 Å². The summed E-state index contributed by atoms with van der Waals surface area (Å²) >= 11 is 5.97. The fraction of sp³-hybridized carbons (Fsp3) is 0.310. The molecule has 6 rings (SSSR count). The molecular formula is C29H29ClN4O6S. The van der Waals surface area contributed by atoms with Crippen LogP contribution >= 0.6 is 11.6 Å². The maximum Gasteiger partial charge on any atom is 0.254 e. The highest BCUT2D eigenvalue weighted by Crippen LogP contribution is 2.33. The molecule has 10 nitrogen and oxygen atoms in total. The van der Waals surface area contributed by atoms with Crippen LogP contribution in [0.15, 0.2) is 60.7 Å². The Morgan fingerprint density at radius 1 is 0.927 bits per heavy atom. The molecule has 41 heavy (non-hydrogen) atoms. The first-order chi connectivity index (χ1) is 19.7. The fourth-order valence-corrected chi connectivity index (χ4v) is 7.04. The van der Waals surface area contributed by atoms with Gasteiger partial charge in [-0.05, 0) is 53.6 Å². The molecule has 0 saturated carbocycles. The van der Waals surface area contributed by atoms with E-state index in [1.54, 1.807) is 47.4 Å². The number of sulfone groups is 1. The number of hydrogen-bond acceptors (Lipinski definition) is 8. The van der Waals surface area contributed by atoms with Gasteiger partial charge in [0.1, 0.15) is 6.04 Å². The van der Waals surface area contributed by atoms with Crippen molar-refractivity contribution in [2.45, 2.75) is 18.3 Å². The number of piperazine rings is 1. The molecule has 2 amide bonds. The number of amides is 2. The third-order valence-corrected chi connectivity index (χ3v) is 9.22. The number of anilines is 2. The number of carbonyl (C=O) groups is 2. The molecule has 0 aliphatic carbocycles. The summed E-state index contributed by atoms with van der Waals surface area (Å²) in [6.45, 7) is 3.62. The monoisotopic (exact) mass is 596 g/mol. The lowest BCUT2D eigenvalue weighted by atomic mass is 10.1. The summed E-state index contributed by atoms with van der Waals surface area (Å²) in [6.07, 6.45) is 0. The molecule has 0 radical (unpaired) electrons. The number of nitrogens with one attached hydrogen (secondary N) is 2. The number of ether oxygens (including phenoxy) is 2. The molecule has 0 aromatic heterocycles. The van der Waals surface area contributed by atoms with Crippen LogP contribution in [0.2, 0.25) is 5.02 Å². The maximum absolute atomic E-state index is 13.3. The van der Waals surface area contributed by atoms with Crippen LogP contribution in [0.1, 0.15) is 21.5 Å². The zero-order valence-electron chi connectivity index (χ0n) is 22.1. The minimum atomic E-state index is -3.61. The van der Waals surface area contributed by atoms with E-state index in [2.05, 4.69) is 15.5 Å². The minimum Gasteiger partial charge on any atom is -0.454 e. The standard InChI is InChI=1S/C29H29ClN4O6S/c30-22-3-1-2-20(12-22)16-41(37,38)17-25-28(35)32-24-14-21(5-6-23(24)31-25)29(36)34-10-8-33(9-11-34)15-19-4-7-26-27(13-19)40-18-39-26/h1-7,12-14,25,31H,8-11,15-18H2,(H,32,35)/t25-/m1/s1. The van der Waals surface area contributed by atoms with Gasteiger partial charge in [0.25, 0.3) is 5.91 Å². The number of fused-ring (bicyclic) bond motifs is 2. The first kappa shape index (κ1) is 27.4. The zero-order chi connectivity index (χ0) is 28.6. The van der Waals surface area contributed by atoms with Crippen molar-refractivity contribution in [3.05, 3.63) is 82.4 Å². The molecule has 3 heterocycles. The number of carbonyl (C=O) groups excluding carboxylic acids is 2. The molecule has 0 bridgehead atoms. The van der Waals surface area contributed by atoms with Crippen molar-refractivity contribution in [3.63, 3.8) is 0 Å². The Morgan fingerprint density at radius 3 is 2.54 bits per heavy atom.